The van der Waals surface area contributed by atoms with Crippen molar-refractivity contribution in [3.8, 4) is 11.5 Å². The number of thioether (sulfide) groups is 1. The van der Waals surface area contributed by atoms with Gasteiger partial charge >= 0.3 is 0 Å². The van der Waals surface area contributed by atoms with Crippen molar-refractivity contribution in [3.05, 3.63) is 54.1 Å². The van der Waals surface area contributed by atoms with Crippen LogP contribution in [0, 0.1) is 0 Å². The van der Waals surface area contributed by atoms with Crippen LogP contribution in [0.2, 0.25) is 0 Å². The van der Waals surface area contributed by atoms with E-state index in [9.17, 15) is 5.11 Å². The molecule has 0 saturated heterocycles. The van der Waals surface area contributed by atoms with Crippen molar-refractivity contribution in [1.82, 2.24) is 0 Å². The highest BCUT2D eigenvalue weighted by Gasteiger charge is 2.04. The fourth-order valence-electron chi connectivity index (χ4n) is 1.64. The molecule has 94 valence electrons. The summed E-state index contributed by atoms with van der Waals surface area (Å²) in [6.45, 7) is 1.75. The number of benzene rings is 2. The molecule has 0 fully saturated rings. The maximum absolute atomic E-state index is 9.44. The lowest BCUT2D eigenvalue weighted by Crippen LogP contribution is -1.91. The van der Waals surface area contributed by atoms with Crippen molar-refractivity contribution < 1.29 is 9.84 Å². The molecule has 1 unspecified atom stereocenters. The van der Waals surface area contributed by atoms with Crippen molar-refractivity contribution in [3.63, 3.8) is 0 Å². The summed E-state index contributed by atoms with van der Waals surface area (Å²) in [6, 6.07) is 15.4. The molecule has 2 rings (SSSR count). The lowest BCUT2D eigenvalue weighted by Gasteiger charge is -2.10. The summed E-state index contributed by atoms with van der Waals surface area (Å²) in [5.74, 6) is 1.63. The van der Waals surface area contributed by atoms with Gasteiger partial charge < -0.3 is 9.84 Å². The third-order valence-electron chi connectivity index (χ3n) is 2.66. The predicted molar refractivity (Wildman–Crippen MR) is 75.4 cm³/mol. The SMILES string of the molecule is CSc1ccccc1Oc1ccc(C(C)O)cc1. The van der Waals surface area contributed by atoms with Crippen LogP contribution in [0.3, 0.4) is 0 Å². The fourth-order valence-corrected chi connectivity index (χ4v) is 2.17. The average molecular weight is 260 g/mol. The van der Waals surface area contributed by atoms with Crippen molar-refractivity contribution in [2.45, 2.75) is 17.9 Å². The smallest absolute Gasteiger partial charge is 0.140 e. The second-order valence-corrected chi connectivity index (χ2v) is 4.85. The molecule has 1 N–H and O–H groups in total. The van der Waals surface area contributed by atoms with Gasteiger partial charge in [0.2, 0.25) is 0 Å². The van der Waals surface area contributed by atoms with Gasteiger partial charge in [-0.15, -0.1) is 11.8 Å². The van der Waals surface area contributed by atoms with Crippen LogP contribution in [0.5, 0.6) is 11.5 Å². The van der Waals surface area contributed by atoms with Crippen LogP contribution < -0.4 is 4.74 Å². The van der Waals surface area contributed by atoms with Gasteiger partial charge in [-0.05, 0) is 43.0 Å². The number of aliphatic hydroxyl groups is 1. The number of aliphatic hydroxyl groups excluding tert-OH is 1. The molecule has 2 nitrogen and oxygen atoms in total. The molecule has 2 aromatic rings. The van der Waals surface area contributed by atoms with Crippen LogP contribution in [0.1, 0.15) is 18.6 Å². The molecule has 0 spiro atoms. The molecule has 0 saturated carbocycles. The second-order valence-electron chi connectivity index (χ2n) is 4.00. The van der Waals surface area contributed by atoms with E-state index in [1.54, 1.807) is 18.7 Å². The maximum Gasteiger partial charge on any atom is 0.140 e. The third kappa shape index (κ3) is 3.06. The quantitative estimate of drug-likeness (QED) is 0.833. The van der Waals surface area contributed by atoms with E-state index in [0.717, 1.165) is 22.0 Å². The molecule has 0 aliphatic heterocycles. The average Bonchev–Trinajstić information content (AvgIpc) is 2.40. The van der Waals surface area contributed by atoms with Gasteiger partial charge in [-0.2, -0.15) is 0 Å². The Bertz CT molecular complexity index is 506. The van der Waals surface area contributed by atoms with Gasteiger partial charge in [-0.1, -0.05) is 24.3 Å². The van der Waals surface area contributed by atoms with E-state index < -0.39 is 6.10 Å². The topological polar surface area (TPSA) is 29.5 Å². The molecule has 18 heavy (non-hydrogen) atoms. The Morgan fingerprint density at radius 1 is 1.06 bits per heavy atom. The zero-order chi connectivity index (χ0) is 13.0. The lowest BCUT2D eigenvalue weighted by molar-refractivity contribution is 0.199. The minimum Gasteiger partial charge on any atom is -0.456 e. The van der Waals surface area contributed by atoms with Gasteiger partial charge in [-0.25, -0.2) is 0 Å². The minimum absolute atomic E-state index is 0.447. The zero-order valence-corrected chi connectivity index (χ0v) is 11.3. The van der Waals surface area contributed by atoms with Crippen LogP contribution in [-0.2, 0) is 0 Å². The highest BCUT2D eigenvalue weighted by molar-refractivity contribution is 7.98. The Balaban J connectivity index is 2.18. The summed E-state index contributed by atoms with van der Waals surface area (Å²) < 4.78 is 5.83. The Morgan fingerprint density at radius 3 is 2.33 bits per heavy atom. The van der Waals surface area contributed by atoms with Crippen molar-refractivity contribution in [2.24, 2.45) is 0 Å². The first-order valence-electron chi connectivity index (χ1n) is 5.79. The number of hydrogen-bond acceptors (Lipinski definition) is 3. The van der Waals surface area contributed by atoms with Gasteiger partial charge in [0.25, 0.3) is 0 Å². The highest BCUT2D eigenvalue weighted by Crippen LogP contribution is 2.31. The molecule has 2 aromatic carbocycles. The summed E-state index contributed by atoms with van der Waals surface area (Å²) >= 11 is 1.66. The van der Waals surface area contributed by atoms with Crippen molar-refractivity contribution >= 4 is 11.8 Å². The van der Waals surface area contributed by atoms with Gasteiger partial charge in [0.1, 0.15) is 11.5 Å². The zero-order valence-electron chi connectivity index (χ0n) is 10.5. The molecule has 3 heteroatoms. The van der Waals surface area contributed by atoms with E-state index in [4.69, 9.17) is 4.74 Å². The van der Waals surface area contributed by atoms with E-state index in [2.05, 4.69) is 0 Å². The summed E-state index contributed by atoms with van der Waals surface area (Å²) in [6.07, 6.45) is 1.58. The van der Waals surface area contributed by atoms with E-state index in [1.165, 1.54) is 0 Å². The number of rotatable bonds is 4. The lowest BCUT2D eigenvalue weighted by atomic mass is 10.1. The third-order valence-corrected chi connectivity index (χ3v) is 3.44. The minimum atomic E-state index is -0.447. The Morgan fingerprint density at radius 2 is 1.72 bits per heavy atom. The van der Waals surface area contributed by atoms with Gasteiger partial charge in [0.05, 0.1) is 6.10 Å². The molecule has 0 bridgehead atoms. The predicted octanol–water partition coefficient (Wildman–Crippen LogP) is 4.25. The van der Waals surface area contributed by atoms with Crippen LogP contribution in [0.15, 0.2) is 53.4 Å². The van der Waals surface area contributed by atoms with E-state index in [0.29, 0.717) is 0 Å². The number of hydrogen-bond donors (Lipinski definition) is 1. The monoisotopic (exact) mass is 260 g/mol. The number of ether oxygens (including phenoxy) is 1. The first-order chi connectivity index (χ1) is 8.70. The summed E-state index contributed by atoms with van der Waals surface area (Å²) in [7, 11) is 0. The molecule has 0 aliphatic carbocycles. The Hall–Kier alpha value is -1.45. The molecule has 0 radical (unpaired) electrons. The van der Waals surface area contributed by atoms with Crippen LogP contribution >= 0.6 is 11.8 Å². The maximum atomic E-state index is 9.44. The van der Waals surface area contributed by atoms with Gasteiger partial charge in [0.15, 0.2) is 0 Å². The standard InChI is InChI=1S/C15H16O2S/c1-11(16)12-7-9-13(10-8-12)17-14-5-3-4-6-15(14)18-2/h3-11,16H,1-2H3. The molecular weight excluding hydrogens is 244 g/mol. The molecule has 1 atom stereocenters. The largest absolute Gasteiger partial charge is 0.456 e. The normalized spacial score (nSPS) is 12.2. The van der Waals surface area contributed by atoms with Crippen LogP contribution in [0.4, 0.5) is 0 Å². The number of para-hydroxylation sites is 1. The molecule has 0 aromatic heterocycles. The fraction of sp³-hybridized carbons (Fsp3) is 0.200. The molecule has 0 aliphatic rings. The summed E-state index contributed by atoms with van der Waals surface area (Å²) in [5.41, 5.74) is 0.889. The molecule has 0 heterocycles. The van der Waals surface area contributed by atoms with Gasteiger partial charge in [0, 0.05) is 4.90 Å². The van der Waals surface area contributed by atoms with E-state index >= 15 is 0 Å². The summed E-state index contributed by atoms with van der Waals surface area (Å²) in [5, 5.41) is 9.44. The highest BCUT2D eigenvalue weighted by atomic mass is 32.2. The van der Waals surface area contributed by atoms with E-state index in [-0.39, 0.29) is 0 Å². The first-order valence-corrected chi connectivity index (χ1v) is 7.02. The first kappa shape index (κ1) is 13.0. The van der Waals surface area contributed by atoms with E-state index in [1.807, 2.05) is 54.8 Å². The summed E-state index contributed by atoms with van der Waals surface area (Å²) in [4.78, 5) is 1.11. The van der Waals surface area contributed by atoms with Gasteiger partial charge in [-0.3, -0.25) is 0 Å². The second kappa shape index (κ2) is 5.94. The van der Waals surface area contributed by atoms with Crippen molar-refractivity contribution in [2.75, 3.05) is 6.26 Å². The Kier molecular flexibility index (Phi) is 4.28. The molecular formula is C15H16O2S. The Labute approximate surface area is 112 Å². The van der Waals surface area contributed by atoms with Crippen LogP contribution in [-0.4, -0.2) is 11.4 Å². The van der Waals surface area contributed by atoms with Crippen molar-refractivity contribution in [1.29, 1.82) is 0 Å². The van der Waals surface area contributed by atoms with Crippen LogP contribution in [0.25, 0.3) is 0 Å². The molecule has 0 amide bonds.